The largest absolute Gasteiger partial charge is 0.496 e. The first-order valence-corrected chi connectivity index (χ1v) is 7.78. The normalized spacial score (nSPS) is 13.0. The van der Waals surface area contributed by atoms with E-state index in [-0.39, 0.29) is 0 Å². The first kappa shape index (κ1) is 19.8. The summed E-state index contributed by atoms with van der Waals surface area (Å²) in [7, 11) is 1.50. The lowest BCUT2D eigenvalue weighted by atomic mass is 10.1. The molecule has 0 radical (unpaired) electrons. The molecule has 0 heterocycles. The van der Waals surface area contributed by atoms with Gasteiger partial charge >= 0.3 is 12.1 Å². The van der Waals surface area contributed by atoms with Gasteiger partial charge in [-0.2, -0.15) is 0 Å². The molecule has 0 fully saturated rings. The zero-order valence-electron chi connectivity index (χ0n) is 15.4. The van der Waals surface area contributed by atoms with E-state index >= 15 is 0 Å². The van der Waals surface area contributed by atoms with Gasteiger partial charge in [-0.15, -0.1) is 0 Å². The molecule has 134 valence electrons. The number of hydrogen-bond acceptors (Lipinski definition) is 5. The van der Waals surface area contributed by atoms with Crippen LogP contribution in [0.5, 0.6) is 5.75 Å². The molecule has 1 N–H and O–H groups in total. The van der Waals surface area contributed by atoms with Crippen LogP contribution in [0.2, 0.25) is 0 Å². The second kappa shape index (κ2) is 7.55. The lowest BCUT2D eigenvalue weighted by Gasteiger charge is -2.27. The Morgan fingerprint density at radius 3 is 2.00 bits per heavy atom. The minimum atomic E-state index is -1.03. The molecule has 1 aromatic carbocycles. The average Bonchev–Trinajstić information content (AvgIpc) is 2.41. The van der Waals surface area contributed by atoms with Gasteiger partial charge < -0.3 is 19.5 Å². The zero-order chi connectivity index (χ0) is 18.5. The Labute approximate surface area is 143 Å². The molecule has 1 rings (SSSR count). The lowest BCUT2D eigenvalue weighted by Crippen LogP contribution is -2.40. The summed E-state index contributed by atoms with van der Waals surface area (Å²) >= 11 is 0. The predicted molar refractivity (Wildman–Crippen MR) is 90.9 cm³/mol. The van der Waals surface area contributed by atoms with Crippen LogP contribution in [0.4, 0.5) is 4.79 Å². The number of hydrogen-bond donors (Lipinski definition) is 1. The van der Waals surface area contributed by atoms with Gasteiger partial charge in [-0.05, 0) is 47.6 Å². The van der Waals surface area contributed by atoms with Crippen molar-refractivity contribution in [3.63, 3.8) is 0 Å². The van der Waals surface area contributed by atoms with Crippen LogP contribution in [0.15, 0.2) is 24.3 Å². The molecule has 0 bridgehead atoms. The molecule has 1 aromatic rings. The van der Waals surface area contributed by atoms with Crippen molar-refractivity contribution in [2.75, 3.05) is 7.11 Å². The molecule has 0 spiro atoms. The van der Waals surface area contributed by atoms with Crippen LogP contribution < -0.4 is 10.1 Å². The molecule has 0 aliphatic rings. The third-order valence-corrected chi connectivity index (χ3v) is 2.75. The van der Waals surface area contributed by atoms with E-state index in [1.54, 1.807) is 65.8 Å². The van der Waals surface area contributed by atoms with Crippen molar-refractivity contribution in [2.45, 2.75) is 58.8 Å². The molecular formula is C18H27NO5. The van der Waals surface area contributed by atoms with Crippen LogP contribution in [-0.4, -0.2) is 30.4 Å². The minimum absolute atomic E-state index is 0.476. The summed E-state index contributed by atoms with van der Waals surface area (Å²) in [5.41, 5.74) is -0.865. The van der Waals surface area contributed by atoms with Gasteiger partial charge in [-0.25, -0.2) is 9.59 Å². The van der Waals surface area contributed by atoms with Crippen molar-refractivity contribution >= 4 is 12.1 Å². The molecule has 0 saturated carbocycles. The highest BCUT2D eigenvalue weighted by molar-refractivity contribution is 5.84. The number of para-hydroxylation sites is 1. The summed E-state index contributed by atoms with van der Waals surface area (Å²) in [4.78, 5) is 24.7. The predicted octanol–water partition coefficient (Wildman–Crippen LogP) is 3.60. The van der Waals surface area contributed by atoms with Crippen molar-refractivity contribution in [3.8, 4) is 5.75 Å². The highest BCUT2D eigenvalue weighted by Gasteiger charge is 2.31. The second-order valence-electron chi connectivity index (χ2n) is 7.35. The van der Waals surface area contributed by atoms with E-state index in [0.29, 0.717) is 11.3 Å². The maximum absolute atomic E-state index is 12.6. The summed E-state index contributed by atoms with van der Waals surface area (Å²) in [5.74, 6) is -0.109. The molecule has 0 aliphatic carbocycles. The van der Waals surface area contributed by atoms with E-state index in [1.165, 1.54) is 7.11 Å². The Hall–Kier alpha value is -2.24. The maximum atomic E-state index is 12.6. The first-order valence-electron chi connectivity index (χ1n) is 7.78. The number of nitrogens with one attached hydrogen (secondary N) is 1. The number of rotatable bonds is 4. The molecule has 1 unspecified atom stereocenters. The van der Waals surface area contributed by atoms with E-state index < -0.39 is 29.3 Å². The fourth-order valence-corrected chi connectivity index (χ4v) is 1.95. The number of carbonyl (C=O) groups is 2. The fraction of sp³-hybridized carbons (Fsp3) is 0.556. The molecule has 0 aromatic heterocycles. The van der Waals surface area contributed by atoms with E-state index in [0.717, 1.165) is 0 Å². The number of ether oxygens (including phenoxy) is 3. The molecule has 24 heavy (non-hydrogen) atoms. The van der Waals surface area contributed by atoms with Crippen LogP contribution in [0, 0.1) is 0 Å². The van der Waals surface area contributed by atoms with Gasteiger partial charge in [0.1, 0.15) is 17.0 Å². The number of alkyl carbamates (subject to hydrolysis) is 1. The van der Waals surface area contributed by atoms with E-state index in [1.807, 2.05) is 0 Å². The van der Waals surface area contributed by atoms with Crippen molar-refractivity contribution in [1.82, 2.24) is 5.32 Å². The Balaban J connectivity index is 3.12. The Kier molecular flexibility index (Phi) is 6.23. The topological polar surface area (TPSA) is 73.9 Å². The van der Waals surface area contributed by atoms with Crippen LogP contribution >= 0.6 is 0 Å². The highest BCUT2D eigenvalue weighted by atomic mass is 16.6. The van der Waals surface area contributed by atoms with Crippen LogP contribution in [0.3, 0.4) is 0 Å². The van der Waals surface area contributed by atoms with Gasteiger partial charge in [-0.3, -0.25) is 0 Å². The Morgan fingerprint density at radius 1 is 0.958 bits per heavy atom. The van der Waals surface area contributed by atoms with Crippen molar-refractivity contribution < 1.29 is 23.8 Å². The second-order valence-corrected chi connectivity index (χ2v) is 7.35. The van der Waals surface area contributed by atoms with Gasteiger partial charge in [0.25, 0.3) is 0 Å². The van der Waals surface area contributed by atoms with E-state index in [2.05, 4.69) is 5.32 Å². The molecule has 6 heteroatoms. The summed E-state index contributed by atoms with van der Waals surface area (Å²) in [6, 6.07) is 5.91. The summed E-state index contributed by atoms with van der Waals surface area (Å²) < 4.78 is 16.0. The Bertz CT molecular complexity index is 584. The summed E-state index contributed by atoms with van der Waals surface area (Å²) in [6.07, 6.45) is -0.704. The monoisotopic (exact) mass is 337 g/mol. The number of carbonyl (C=O) groups excluding carboxylic acids is 2. The van der Waals surface area contributed by atoms with Crippen molar-refractivity contribution in [3.05, 3.63) is 29.8 Å². The van der Waals surface area contributed by atoms with Gasteiger partial charge in [0.2, 0.25) is 0 Å². The van der Waals surface area contributed by atoms with E-state index in [4.69, 9.17) is 14.2 Å². The zero-order valence-corrected chi connectivity index (χ0v) is 15.4. The number of esters is 1. The third-order valence-electron chi connectivity index (χ3n) is 2.75. The molecule has 0 saturated heterocycles. The first-order chi connectivity index (χ1) is 10.9. The van der Waals surface area contributed by atoms with Crippen LogP contribution in [-0.2, 0) is 14.3 Å². The van der Waals surface area contributed by atoms with Gasteiger partial charge in [-0.1, -0.05) is 18.2 Å². The Morgan fingerprint density at radius 2 is 1.50 bits per heavy atom. The van der Waals surface area contributed by atoms with Crippen LogP contribution in [0.25, 0.3) is 0 Å². The number of benzene rings is 1. The van der Waals surface area contributed by atoms with Crippen molar-refractivity contribution in [1.29, 1.82) is 0 Å². The van der Waals surface area contributed by atoms with Crippen molar-refractivity contribution in [2.24, 2.45) is 0 Å². The van der Waals surface area contributed by atoms with E-state index in [9.17, 15) is 9.59 Å². The molecule has 1 amide bonds. The summed E-state index contributed by atoms with van der Waals surface area (Å²) in [5, 5.41) is 2.57. The summed E-state index contributed by atoms with van der Waals surface area (Å²) in [6.45, 7) is 10.5. The fourth-order valence-electron chi connectivity index (χ4n) is 1.95. The molecule has 6 nitrogen and oxygen atoms in total. The van der Waals surface area contributed by atoms with Gasteiger partial charge in [0, 0.05) is 5.56 Å². The maximum Gasteiger partial charge on any atom is 0.408 e. The van der Waals surface area contributed by atoms with Crippen LogP contribution in [0.1, 0.15) is 53.1 Å². The smallest absolute Gasteiger partial charge is 0.408 e. The molecule has 0 aliphatic heterocycles. The minimum Gasteiger partial charge on any atom is -0.496 e. The van der Waals surface area contributed by atoms with Gasteiger partial charge in [0.15, 0.2) is 6.04 Å². The third kappa shape index (κ3) is 6.48. The van der Waals surface area contributed by atoms with Gasteiger partial charge in [0.05, 0.1) is 7.11 Å². The molecular weight excluding hydrogens is 310 g/mol. The average molecular weight is 337 g/mol. The highest BCUT2D eigenvalue weighted by Crippen LogP contribution is 2.27. The molecule has 1 atom stereocenters. The number of methoxy groups -OCH3 is 1. The SMILES string of the molecule is COc1ccccc1C(NC(=O)OC(C)(C)C)C(=O)OC(C)(C)C. The quantitative estimate of drug-likeness (QED) is 0.850. The standard InChI is InChI=1S/C18H27NO5/c1-17(2,3)23-15(20)14(19-16(21)24-18(4,5)6)12-10-8-9-11-13(12)22-7/h8-11,14H,1-7H3,(H,19,21). The lowest BCUT2D eigenvalue weighted by molar-refractivity contribution is -0.157. The number of amides is 1.